The van der Waals surface area contributed by atoms with Crippen molar-refractivity contribution in [3.8, 4) is 0 Å². The van der Waals surface area contributed by atoms with E-state index in [9.17, 15) is 4.79 Å². The van der Waals surface area contributed by atoms with E-state index in [1.165, 1.54) is 11.3 Å². The lowest BCUT2D eigenvalue weighted by Crippen LogP contribution is -2.53. The van der Waals surface area contributed by atoms with Crippen LogP contribution in [-0.4, -0.2) is 35.2 Å². The molecule has 0 spiro atoms. The highest BCUT2D eigenvalue weighted by molar-refractivity contribution is 5.78. The van der Waals surface area contributed by atoms with Crippen LogP contribution in [0.5, 0.6) is 0 Å². The van der Waals surface area contributed by atoms with E-state index < -0.39 is 0 Å². The summed E-state index contributed by atoms with van der Waals surface area (Å²) in [7, 11) is 0. The average molecular weight is 425 g/mol. The molecule has 1 aromatic heterocycles. The molecule has 5 rings (SSSR count). The Morgan fingerprint density at radius 1 is 0.938 bits per heavy atom. The molecule has 4 aromatic rings. The molecule has 1 aliphatic heterocycles. The van der Waals surface area contributed by atoms with Gasteiger partial charge in [-0.3, -0.25) is 9.36 Å². The van der Waals surface area contributed by atoms with Crippen molar-refractivity contribution >= 4 is 22.5 Å². The molecular weight excluding hydrogens is 396 g/mol. The van der Waals surface area contributed by atoms with Gasteiger partial charge in [0.15, 0.2) is 0 Å². The van der Waals surface area contributed by atoms with Crippen molar-refractivity contribution in [3.63, 3.8) is 0 Å². The summed E-state index contributed by atoms with van der Waals surface area (Å²) in [5.41, 5.74) is 4.39. The van der Waals surface area contributed by atoms with Gasteiger partial charge < -0.3 is 9.80 Å². The van der Waals surface area contributed by atoms with E-state index in [0.717, 1.165) is 36.7 Å². The van der Waals surface area contributed by atoms with Gasteiger partial charge in [-0.25, -0.2) is 4.98 Å². The number of nitrogens with zero attached hydrogens (tertiary/aromatic N) is 4. The Labute approximate surface area is 188 Å². The average Bonchev–Trinajstić information content (AvgIpc) is 2.81. The number of aromatic nitrogens is 2. The number of piperazine rings is 1. The van der Waals surface area contributed by atoms with Gasteiger partial charge in [-0.15, -0.1) is 0 Å². The largest absolute Gasteiger partial charge is 0.365 e. The van der Waals surface area contributed by atoms with Crippen LogP contribution < -0.4 is 15.4 Å². The molecule has 1 atom stereocenters. The smallest absolute Gasteiger partial charge is 0.263 e. The number of fused-ring (bicyclic) bond motifs is 1. The number of benzene rings is 3. The number of rotatable bonds is 4. The first-order chi connectivity index (χ1) is 15.6. The summed E-state index contributed by atoms with van der Waals surface area (Å²) in [6.07, 6.45) is 0. The molecule has 0 bridgehead atoms. The number of hydrogen-bond acceptors (Lipinski definition) is 4. The molecule has 0 radical (unpaired) electrons. The molecular formula is C27H28N4O. The quantitative estimate of drug-likeness (QED) is 0.485. The van der Waals surface area contributed by atoms with Gasteiger partial charge in [-0.2, -0.15) is 0 Å². The molecule has 0 N–H and O–H groups in total. The fourth-order valence-corrected chi connectivity index (χ4v) is 4.64. The minimum absolute atomic E-state index is 0.0169. The Morgan fingerprint density at radius 3 is 2.50 bits per heavy atom. The van der Waals surface area contributed by atoms with Crippen LogP contribution in [0.4, 0.5) is 11.6 Å². The second kappa shape index (κ2) is 8.50. The molecule has 1 unspecified atom stereocenters. The molecule has 162 valence electrons. The standard InChI is InChI=1S/C27H28N4O/c1-20-9-8-12-23(17-20)30-16-15-29(18-21(30)2)27-28-25-14-7-6-13-24(25)26(32)31(27)19-22-10-4-3-5-11-22/h3-14,17,21H,15-16,18-19H2,1-2H3. The Balaban J connectivity index is 1.52. The zero-order chi connectivity index (χ0) is 22.1. The lowest BCUT2D eigenvalue weighted by molar-refractivity contribution is 0.532. The van der Waals surface area contributed by atoms with E-state index >= 15 is 0 Å². The van der Waals surface area contributed by atoms with E-state index in [1.54, 1.807) is 0 Å². The zero-order valence-electron chi connectivity index (χ0n) is 18.6. The van der Waals surface area contributed by atoms with Crippen molar-refractivity contribution in [1.29, 1.82) is 0 Å². The van der Waals surface area contributed by atoms with E-state index in [-0.39, 0.29) is 5.56 Å². The first-order valence-electron chi connectivity index (χ1n) is 11.2. The lowest BCUT2D eigenvalue weighted by Gasteiger charge is -2.42. The van der Waals surface area contributed by atoms with E-state index in [0.29, 0.717) is 18.0 Å². The molecule has 1 saturated heterocycles. The third kappa shape index (κ3) is 3.86. The minimum Gasteiger partial charge on any atom is -0.365 e. The SMILES string of the molecule is Cc1cccc(N2CCN(c3nc4ccccc4c(=O)n3Cc3ccccc3)CC2C)c1. The lowest BCUT2D eigenvalue weighted by atomic mass is 10.1. The van der Waals surface area contributed by atoms with E-state index in [1.807, 2.05) is 47.0 Å². The monoisotopic (exact) mass is 424 g/mol. The van der Waals surface area contributed by atoms with Gasteiger partial charge in [-0.05, 0) is 49.2 Å². The van der Waals surface area contributed by atoms with Crippen LogP contribution in [0.2, 0.25) is 0 Å². The van der Waals surface area contributed by atoms with Crippen LogP contribution in [0.25, 0.3) is 10.9 Å². The number of aryl methyl sites for hydroxylation is 1. The fourth-order valence-electron chi connectivity index (χ4n) is 4.64. The Bertz CT molecular complexity index is 1300. The molecule has 5 heteroatoms. The maximum Gasteiger partial charge on any atom is 0.263 e. The van der Waals surface area contributed by atoms with Crippen molar-refractivity contribution in [2.45, 2.75) is 26.4 Å². The maximum absolute atomic E-state index is 13.5. The summed E-state index contributed by atoms with van der Waals surface area (Å²) in [5, 5.41) is 0.665. The first kappa shape index (κ1) is 20.3. The van der Waals surface area contributed by atoms with E-state index in [2.05, 4.69) is 60.0 Å². The van der Waals surface area contributed by atoms with Crippen LogP contribution >= 0.6 is 0 Å². The fraction of sp³-hybridized carbons (Fsp3) is 0.259. The van der Waals surface area contributed by atoms with Gasteiger partial charge in [0, 0.05) is 31.4 Å². The molecule has 5 nitrogen and oxygen atoms in total. The molecule has 1 aliphatic rings. The molecule has 0 saturated carbocycles. The normalized spacial score (nSPS) is 16.5. The number of para-hydroxylation sites is 1. The second-order valence-corrected chi connectivity index (χ2v) is 8.63. The molecule has 0 amide bonds. The summed E-state index contributed by atoms with van der Waals surface area (Å²) in [4.78, 5) is 23.2. The Kier molecular flexibility index (Phi) is 5.39. The number of hydrogen-bond donors (Lipinski definition) is 0. The van der Waals surface area contributed by atoms with Crippen molar-refractivity contribution in [3.05, 3.63) is 100 Å². The third-order valence-electron chi connectivity index (χ3n) is 6.27. The van der Waals surface area contributed by atoms with E-state index in [4.69, 9.17) is 4.98 Å². The van der Waals surface area contributed by atoms with Gasteiger partial charge in [0.1, 0.15) is 0 Å². The predicted octanol–water partition coefficient (Wildman–Crippen LogP) is 4.47. The van der Waals surface area contributed by atoms with Gasteiger partial charge in [0.05, 0.1) is 17.4 Å². The minimum atomic E-state index is 0.0169. The van der Waals surface area contributed by atoms with Crippen LogP contribution in [0.1, 0.15) is 18.1 Å². The summed E-state index contributed by atoms with van der Waals surface area (Å²) >= 11 is 0. The molecule has 3 aromatic carbocycles. The van der Waals surface area contributed by atoms with Crippen LogP contribution in [0.3, 0.4) is 0 Å². The van der Waals surface area contributed by atoms with Gasteiger partial charge in [-0.1, -0.05) is 54.6 Å². The Morgan fingerprint density at radius 2 is 1.72 bits per heavy atom. The number of anilines is 2. The summed E-state index contributed by atoms with van der Waals surface area (Å²) in [5.74, 6) is 0.758. The van der Waals surface area contributed by atoms with Gasteiger partial charge >= 0.3 is 0 Å². The highest BCUT2D eigenvalue weighted by atomic mass is 16.1. The Hall–Kier alpha value is -3.60. The summed E-state index contributed by atoms with van der Waals surface area (Å²) in [6, 6.07) is 26.8. The maximum atomic E-state index is 13.5. The van der Waals surface area contributed by atoms with Crippen molar-refractivity contribution in [1.82, 2.24) is 9.55 Å². The molecule has 0 aliphatic carbocycles. The van der Waals surface area contributed by atoms with Crippen LogP contribution in [0, 0.1) is 6.92 Å². The van der Waals surface area contributed by atoms with Crippen molar-refractivity contribution < 1.29 is 0 Å². The predicted molar refractivity (Wildman–Crippen MR) is 132 cm³/mol. The summed E-state index contributed by atoms with van der Waals surface area (Å²) in [6.45, 7) is 7.41. The molecule has 32 heavy (non-hydrogen) atoms. The highest BCUT2D eigenvalue weighted by Crippen LogP contribution is 2.25. The summed E-state index contributed by atoms with van der Waals surface area (Å²) < 4.78 is 1.84. The second-order valence-electron chi connectivity index (χ2n) is 8.63. The van der Waals surface area contributed by atoms with Gasteiger partial charge in [0.2, 0.25) is 5.95 Å². The molecule has 2 heterocycles. The van der Waals surface area contributed by atoms with Crippen molar-refractivity contribution in [2.75, 3.05) is 29.4 Å². The van der Waals surface area contributed by atoms with Crippen molar-refractivity contribution in [2.24, 2.45) is 0 Å². The van der Waals surface area contributed by atoms with Gasteiger partial charge in [0.25, 0.3) is 5.56 Å². The highest BCUT2D eigenvalue weighted by Gasteiger charge is 2.27. The van der Waals surface area contributed by atoms with Crippen LogP contribution in [-0.2, 0) is 6.54 Å². The zero-order valence-corrected chi connectivity index (χ0v) is 18.6. The third-order valence-corrected chi connectivity index (χ3v) is 6.27. The topological polar surface area (TPSA) is 41.4 Å². The molecule has 1 fully saturated rings. The first-order valence-corrected chi connectivity index (χ1v) is 11.2. The van der Waals surface area contributed by atoms with Crippen LogP contribution in [0.15, 0.2) is 83.7 Å².